The van der Waals surface area contributed by atoms with E-state index < -0.39 is 30.5 Å². The van der Waals surface area contributed by atoms with Crippen LogP contribution in [0.5, 0.6) is 5.75 Å². The molecule has 0 aliphatic heterocycles. The molecular formula is C13H17F2N3O3. The number of hydrogen-bond acceptors (Lipinski definition) is 4. The smallest absolute Gasteiger partial charge is 0.387 e. The average Bonchev–Trinajstić information content (AvgIpc) is 2.37. The topological polar surface area (TPSA) is 107 Å². The lowest BCUT2D eigenvalue weighted by atomic mass is 10.1. The number of carbonyl (C=O) groups excluding carboxylic acids is 2. The van der Waals surface area contributed by atoms with Crippen molar-refractivity contribution in [1.82, 2.24) is 5.32 Å². The van der Waals surface area contributed by atoms with Gasteiger partial charge in [0.05, 0.1) is 18.5 Å². The third-order valence-electron chi connectivity index (χ3n) is 2.70. The zero-order chi connectivity index (χ0) is 16.0. The van der Waals surface area contributed by atoms with Crippen LogP contribution in [0.2, 0.25) is 0 Å². The van der Waals surface area contributed by atoms with Crippen molar-refractivity contribution in [3.05, 3.63) is 29.8 Å². The Balaban J connectivity index is 2.68. The van der Waals surface area contributed by atoms with E-state index in [2.05, 4.69) is 10.1 Å². The molecule has 0 saturated carbocycles. The SMILES string of the molecule is CC(NC(=O)C(N)CC(N)=O)c1cccc(OC(F)F)c1. The van der Waals surface area contributed by atoms with Crippen molar-refractivity contribution in [3.8, 4) is 5.75 Å². The molecule has 1 rings (SSSR count). The zero-order valence-electron chi connectivity index (χ0n) is 11.4. The summed E-state index contributed by atoms with van der Waals surface area (Å²) in [5.74, 6) is -1.25. The fourth-order valence-corrected chi connectivity index (χ4v) is 1.67. The van der Waals surface area contributed by atoms with E-state index in [4.69, 9.17) is 11.5 Å². The van der Waals surface area contributed by atoms with Gasteiger partial charge in [0.2, 0.25) is 11.8 Å². The van der Waals surface area contributed by atoms with Crippen molar-refractivity contribution < 1.29 is 23.1 Å². The number of alkyl halides is 2. The van der Waals surface area contributed by atoms with E-state index in [0.717, 1.165) is 0 Å². The first kappa shape index (κ1) is 16.8. The molecule has 0 aromatic heterocycles. The Kier molecular flexibility index (Phi) is 6.04. The molecule has 5 N–H and O–H groups in total. The number of nitrogens with two attached hydrogens (primary N) is 2. The van der Waals surface area contributed by atoms with Gasteiger partial charge in [-0.1, -0.05) is 12.1 Å². The summed E-state index contributed by atoms with van der Waals surface area (Å²) in [5, 5.41) is 2.57. The molecule has 0 spiro atoms. The minimum Gasteiger partial charge on any atom is -0.435 e. The van der Waals surface area contributed by atoms with E-state index in [-0.39, 0.29) is 12.2 Å². The first-order valence-electron chi connectivity index (χ1n) is 6.18. The number of nitrogens with one attached hydrogen (secondary N) is 1. The second-order valence-corrected chi connectivity index (χ2v) is 4.46. The number of halogens is 2. The molecule has 2 amide bonds. The number of hydrogen-bond donors (Lipinski definition) is 3. The lowest BCUT2D eigenvalue weighted by Crippen LogP contribution is -2.43. The van der Waals surface area contributed by atoms with Crippen LogP contribution in [-0.2, 0) is 9.59 Å². The fraction of sp³-hybridized carbons (Fsp3) is 0.385. The van der Waals surface area contributed by atoms with Gasteiger partial charge < -0.3 is 21.5 Å². The number of primary amides is 1. The highest BCUT2D eigenvalue weighted by Crippen LogP contribution is 2.20. The highest BCUT2D eigenvalue weighted by atomic mass is 19.3. The Morgan fingerprint density at radius 2 is 2.05 bits per heavy atom. The molecule has 0 aliphatic carbocycles. The summed E-state index contributed by atoms with van der Waals surface area (Å²) in [5.41, 5.74) is 11.0. The van der Waals surface area contributed by atoms with E-state index in [1.165, 1.54) is 18.2 Å². The number of carbonyl (C=O) groups is 2. The number of benzene rings is 1. The first-order valence-corrected chi connectivity index (χ1v) is 6.18. The van der Waals surface area contributed by atoms with Gasteiger partial charge in [-0.05, 0) is 24.6 Å². The molecular weight excluding hydrogens is 284 g/mol. The van der Waals surface area contributed by atoms with Crippen LogP contribution in [-0.4, -0.2) is 24.5 Å². The van der Waals surface area contributed by atoms with Crippen molar-refractivity contribution in [2.45, 2.75) is 32.0 Å². The normalized spacial score (nSPS) is 13.6. The maximum absolute atomic E-state index is 12.1. The highest BCUT2D eigenvalue weighted by molar-refractivity contribution is 5.87. The Labute approximate surface area is 120 Å². The minimum absolute atomic E-state index is 0.00923. The standard InChI is InChI=1S/C13H17F2N3O3/c1-7(18-12(20)10(16)6-11(17)19)8-3-2-4-9(5-8)21-13(14)15/h2-5,7,10,13H,6,16H2,1H3,(H2,17,19)(H,18,20). The summed E-state index contributed by atoms with van der Waals surface area (Å²) in [6.45, 7) is -1.27. The Bertz CT molecular complexity index is 511. The zero-order valence-corrected chi connectivity index (χ0v) is 11.4. The molecule has 0 fully saturated rings. The van der Waals surface area contributed by atoms with E-state index >= 15 is 0 Å². The summed E-state index contributed by atoms with van der Waals surface area (Å²) in [6, 6.07) is 4.39. The van der Waals surface area contributed by atoms with Gasteiger partial charge in [0, 0.05) is 0 Å². The molecule has 1 aromatic carbocycles. The van der Waals surface area contributed by atoms with Crippen LogP contribution >= 0.6 is 0 Å². The third-order valence-corrected chi connectivity index (χ3v) is 2.70. The summed E-state index contributed by atoms with van der Waals surface area (Å²) in [4.78, 5) is 22.4. The van der Waals surface area contributed by atoms with E-state index in [9.17, 15) is 18.4 Å². The van der Waals surface area contributed by atoms with Gasteiger partial charge in [0.15, 0.2) is 0 Å². The number of rotatable bonds is 7. The van der Waals surface area contributed by atoms with Crippen LogP contribution in [0, 0.1) is 0 Å². The Hall–Kier alpha value is -2.22. The maximum atomic E-state index is 12.1. The molecule has 21 heavy (non-hydrogen) atoms. The molecule has 0 heterocycles. The highest BCUT2D eigenvalue weighted by Gasteiger charge is 2.18. The predicted molar refractivity (Wildman–Crippen MR) is 71.4 cm³/mol. The van der Waals surface area contributed by atoms with Crippen LogP contribution in [0.25, 0.3) is 0 Å². The molecule has 1 aromatic rings. The van der Waals surface area contributed by atoms with E-state index in [0.29, 0.717) is 5.56 Å². The van der Waals surface area contributed by atoms with Crippen molar-refractivity contribution in [2.24, 2.45) is 11.5 Å². The Morgan fingerprint density at radius 1 is 1.38 bits per heavy atom. The van der Waals surface area contributed by atoms with Crippen LogP contribution < -0.4 is 21.5 Å². The van der Waals surface area contributed by atoms with Crippen LogP contribution in [0.1, 0.15) is 24.9 Å². The molecule has 0 saturated heterocycles. The molecule has 116 valence electrons. The Morgan fingerprint density at radius 3 is 2.62 bits per heavy atom. The monoisotopic (exact) mass is 301 g/mol. The summed E-state index contributed by atoms with van der Waals surface area (Å²) < 4.78 is 28.6. The minimum atomic E-state index is -2.92. The van der Waals surface area contributed by atoms with Crippen molar-refractivity contribution in [1.29, 1.82) is 0 Å². The molecule has 0 bridgehead atoms. The van der Waals surface area contributed by atoms with Gasteiger partial charge in [-0.2, -0.15) is 8.78 Å². The molecule has 2 unspecified atom stereocenters. The van der Waals surface area contributed by atoms with Crippen molar-refractivity contribution in [2.75, 3.05) is 0 Å². The molecule has 0 aliphatic rings. The van der Waals surface area contributed by atoms with Gasteiger partial charge in [-0.25, -0.2) is 0 Å². The first-order chi connectivity index (χ1) is 9.79. The van der Waals surface area contributed by atoms with E-state index in [1.807, 2.05) is 0 Å². The van der Waals surface area contributed by atoms with Crippen LogP contribution in [0.4, 0.5) is 8.78 Å². The van der Waals surface area contributed by atoms with Gasteiger partial charge >= 0.3 is 6.61 Å². The van der Waals surface area contributed by atoms with Crippen LogP contribution in [0.15, 0.2) is 24.3 Å². The average molecular weight is 301 g/mol. The summed E-state index contributed by atoms with van der Waals surface area (Å²) >= 11 is 0. The second kappa shape index (κ2) is 7.53. The largest absolute Gasteiger partial charge is 0.435 e. The second-order valence-electron chi connectivity index (χ2n) is 4.46. The lowest BCUT2D eigenvalue weighted by molar-refractivity contribution is -0.126. The van der Waals surface area contributed by atoms with Gasteiger partial charge in [-0.3, -0.25) is 9.59 Å². The summed E-state index contributed by atoms with van der Waals surface area (Å²) in [6.07, 6.45) is -0.271. The predicted octanol–water partition coefficient (Wildman–Crippen LogP) is 0.668. The van der Waals surface area contributed by atoms with Crippen LogP contribution in [0.3, 0.4) is 0 Å². The number of ether oxygens (including phenoxy) is 1. The molecule has 0 radical (unpaired) electrons. The van der Waals surface area contributed by atoms with Crippen molar-refractivity contribution in [3.63, 3.8) is 0 Å². The molecule has 2 atom stereocenters. The van der Waals surface area contributed by atoms with Gasteiger partial charge in [0.1, 0.15) is 5.75 Å². The molecule has 6 nitrogen and oxygen atoms in total. The fourth-order valence-electron chi connectivity index (χ4n) is 1.67. The van der Waals surface area contributed by atoms with Gasteiger partial charge in [-0.15, -0.1) is 0 Å². The quantitative estimate of drug-likeness (QED) is 0.688. The van der Waals surface area contributed by atoms with Crippen molar-refractivity contribution >= 4 is 11.8 Å². The molecule has 8 heteroatoms. The van der Waals surface area contributed by atoms with E-state index in [1.54, 1.807) is 13.0 Å². The number of amides is 2. The summed E-state index contributed by atoms with van der Waals surface area (Å²) in [7, 11) is 0. The maximum Gasteiger partial charge on any atom is 0.387 e. The third kappa shape index (κ3) is 5.74. The lowest BCUT2D eigenvalue weighted by Gasteiger charge is -2.18. The van der Waals surface area contributed by atoms with Gasteiger partial charge in [0.25, 0.3) is 0 Å².